The summed E-state index contributed by atoms with van der Waals surface area (Å²) in [5, 5.41) is 7.41. The van der Waals surface area contributed by atoms with Crippen molar-refractivity contribution in [2.24, 2.45) is 4.99 Å². The van der Waals surface area contributed by atoms with Crippen molar-refractivity contribution < 1.29 is 9.13 Å². The van der Waals surface area contributed by atoms with Crippen molar-refractivity contribution in [2.45, 2.75) is 33.9 Å². The topological polar surface area (TPSA) is 58.5 Å². The molecule has 0 bridgehead atoms. The van der Waals surface area contributed by atoms with E-state index in [1.807, 2.05) is 33.0 Å². The molecule has 0 amide bonds. The molecule has 2 N–H and O–H groups in total. The molecule has 1 aromatic heterocycles. The minimum atomic E-state index is -0.360. The Kier molecular flexibility index (Phi) is 6.99. The summed E-state index contributed by atoms with van der Waals surface area (Å²) in [7, 11) is 0. The number of guanidine groups is 1. The molecule has 0 unspecified atom stereocenters. The van der Waals surface area contributed by atoms with Crippen LogP contribution in [-0.2, 0) is 13.1 Å². The van der Waals surface area contributed by atoms with Crippen LogP contribution in [0, 0.1) is 12.7 Å². The zero-order valence-electron chi connectivity index (χ0n) is 14.2. The van der Waals surface area contributed by atoms with E-state index in [2.05, 4.69) is 20.6 Å². The fraction of sp³-hybridized carbons (Fsp3) is 0.412. The van der Waals surface area contributed by atoms with Crippen LogP contribution in [-0.4, -0.2) is 24.1 Å². The second-order valence-corrected chi connectivity index (χ2v) is 6.43. The van der Waals surface area contributed by atoms with E-state index in [0.29, 0.717) is 25.7 Å². The fourth-order valence-corrected chi connectivity index (χ4v) is 2.80. The van der Waals surface area contributed by atoms with Gasteiger partial charge in [0.25, 0.3) is 0 Å². The minimum Gasteiger partial charge on any atom is -0.491 e. The lowest BCUT2D eigenvalue weighted by atomic mass is 10.2. The van der Waals surface area contributed by atoms with Crippen LogP contribution in [0.15, 0.2) is 29.4 Å². The van der Waals surface area contributed by atoms with Gasteiger partial charge in [0, 0.05) is 17.6 Å². The Morgan fingerprint density at radius 2 is 2.17 bits per heavy atom. The molecule has 0 atom stereocenters. The van der Waals surface area contributed by atoms with Gasteiger partial charge in [0.1, 0.15) is 5.01 Å². The number of benzene rings is 1. The van der Waals surface area contributed by atoms with Crippen LogP contribution in [0.5, 0.6) is 5.75 Å². The van der Waals surface area contributed by atoms with Gasteiger partial charge in [0.15, 0.2) is 17.5 Å². The number of ether oxygens (including phenoxy) is 1. The molecule has 130 valence electrons. The monoisotopic (exact) mass is 350 g/mol. The molecule has 2 rings (SSSR count). The highest BCUT2D eigenvalue weighted by molar-refractivity contribution is 7.11. The first-order chi connectivity index (χ1) is 11.6. The van der Waals surface area contributed by atoms with Crippen molar-refractivity contribution in [3.63, 3.8) is 0 Å². The Morgan fingerprint density at radius 1 is 1.33 bits per heavy atom. The Bertz CT molecular complexity index is 687. The summed E-state index contributed by atoms with van der Waals surface area (Å²) in [5.74, 6) is 0.592. The number of halogens is 1. The maximum Gasteiger partial charge on any atom is 0.191 e. The predicted octanol–water partition coefficient (Wildman–Crippen LogP) is 3.24. The van der Waals surface area contributed by atoms with Crippen LogP contribution in [0.4, 0.5) is 4.39 Å². The summed E-state index contributed by atoms with van der Waals surface area (Å²) in [4.78, 5) is 9.98. The van der Waals surface area contributed by atoms with Gasteiger partial charge in [0.2, 0.25) is 0 Å². The van der Waals surface area contributed by atoms with Crippen molar-refractivity contribution in [1.82, 2.24) is 15.6 Å². The van der Waals surface area contributed by atoms with E-state index in [9.17, 15) is 4.39 Å². The van der Waals surface area contributed by atoms with Gasteiger partial charge in [-0.1, -0.05) is 6.07 Å². The Morgan fingerprint density at radius 3 is 2.79 bits per heavy atom. The Hall–Kier alpha value is -2.15. The lowest BCUT2D eigenvalue weighted by molar-refractivity contribution is 0.321. The molecule has 0 radical (unpaired) electrons. The maximum atomic E-state index is 13.9. The third-order valence-electron chi connectivity index (χ3n) is 3.14. The third kappa shape index (κ3) is 5.49. The van der Waals surface area contributed by atoms with Crippen LogP contribution in [0.2, 0.25) is 0 Å². The molecule has 0 saturated carbocycles. The zero-order valence-corrected chi connectivity index (χ0v) is 15.0. The standard InChI is InChI=1S/C17H23FN4OS/c1-4-19-17(22-11-16-20-9-12(3)24-16)21-10-13-6-7-15(23-5-2)14(18)8-13/h6-9H,4-5,10-11H2,1-3H3,(H2,19,21,22). The largest absolute Gasteiger partial charge is 0.491 e. The van der Waals surface area contributed by atoms with Gasteiger partial charge < -0.3 is 15.4 Å². The molecule has 0 spiro atoms. The second-order valence-electron chi connectivity index (χ2n) is 5.11. The first kappa shape index (κ1) is 18.2. The quantitative estimate of drug-likeness (QED) is 0.594. The molecule has 5 nitrogen and oxygen atoms in total. The average Bonchev–Trinajstić information content (AvgIpc) is 2.98. The first-order valence-corrected chi connectivity index (χ1v) is 8.78. The van der Waals surface area contributed by atoms with E-state index >= 15 is 0 Å². The highest BCUT2D eigenvalue weighted by Gasteiger charge is 2.05. The Balaban J connectivity index is 1.98. The molecular formula is C17H23FN4OS. The lowest BCUT2D eigenvalue weighted by Gasteiger charge is -2.10. The van der Waals surface area contributed by atoms with Crippen LogP contribution in [0.25, 0.3) is 0 Å². The summed E-state index contributed by atoms with van der Waals surface area (Å²) in [6.07, 6.45) is 1.86. The van der Waals surface area contributed by atoms with E-state index in [1.54, 1.807) is 17.4 Å². The number of aliphatic imine (C=N–C) groups is 1. The number of nitrogens with one attached hydrogen (secondary N) is 2. The number of aryl methyl sites for hydroxylation is 1. The number of hydrogen-bond acceptors (Lipinski definition) is 4. The van der Waals surface area contributed by atoms with Crippen molar-refractivity contribution in [1.29, 1.82) is 0 Å². The summed E-state index contributed by atoms with van der Waals surface area (Å²) >= 11 is 1.65. The van der Waals surface area contributed by atoms with Gasteiger partial charge in [0.05, 0.1) is 19.7 Å². The van der Waals surface area contributed by atoms with Gasteiger partial charge in [-0.3, -0.25) is 0 Å². The molecule has 0 aliphatic rings. The van der Waals surface area contributed by atoms with E-state index in [1.165, 1.54) is 10.9 Å². The molecule has 7 heteroatoms. The maximum absolute atomic E-state index is 13.9. The van der Waals surface area contributed by atoms with E-state index < -0.39 is 0 Å². The molecule has 0 saturated heterocycles. The van der Waals surface area contributed by atoms with Gasteiger partial charge >= 0.3 is 0 Å². The number of nitrogens with zero attached hydrogens (tertiary/aromatic N) is 2. The second kappa shape index (κ2) is 9.22. The highest BCUT2D eigenvalue weighted by Crippen LogP contribution is 2.18. The normalized spacial score (nSPS) is 11.4. The molecular weight excluding hydrogens is 327 g/mol. The smallest absolute Gasteiger partial charge is 0.191 e. The summed E-state index contributed by atoms with van der Waals surface area (Å²) in [5.41, 5.74) is 0.790. The fourth-order valence-electron chi connectivity index (χ4n) is 2.07. The molecule has 24 heavy (non-hydrogen) atoms. The molecule has 0 fully saturated rings. The number of rotatable bonds is 7. The van der Waals surface area contributed by atoms with Gasteiger partial charge in [-0.25, -0.2) is 14.4 Å². The summed E-state index contributed by atoms with van der Waals surface area (Å²) in [6.45, 7) is 8.05. The van der Waals surface area contributed by atoms with Crippen LogP contribution < -0.4 is 15.4 Å². The number of hydrogen-bond donors (Lipinski definition) is 2. The molecule has 2 aromatic rings. The van der Waals surface area contributed by atoms with Crippen molar-refractivity contribution >= 4 is 17.3 Å². The minimum absolute atomic E-state index is 0.273. The van der Waals surface area contributed by atoms with Crippen molar-refractivity contribution in [3.05, 3.63) is 45.7 Å². The van der Waals surface area contributed by atoms with Crippen molar-refractivity contribution in [2.75, 3.05) is 13.2 Å². The van der Waals surface area contributed by atoms with Gasteiger partial charge in [-0.15, -0.1) is 11.3 Å². The Labute approximate surface area is 146 Å². The average molecular weight is 350 g/mol. The van der Waals surface area contributed by atoms with Crippen LogP contribution in [0.3, 0.4) is 0 Å². The number of thiazole rings is 1. The van der Waals surface area contributed by atoms with Gasteiger partial charge in [-0.05, 0) is 38.5 Å². The predicted molar refractivity (Wildman–Crippen MR) is 96.1 cm³/mol. The van der Waals surface area contributed by atoms with Gasteiger partial charge in [-0.2, -0.15) is 0 Å². The third-order valence-corrected chi connectivity index (χ3v) is 4.05. The summed E-state index contributed by atoms with van der Waals surface area (Å²) < 4.78 is 19.1. The van der Waals surface area contributed by atoms with E-state index in [0.717, 1.165) is 17.1 Å². The molecule has 1 aromatic carbocycles. The molecule has 0 aliphatic heterocycles. The lowest BCUT2D eigenvalue weighted by Crippen LogP contribution is -2.36. The molecule has 0 aliphatic carbocycles. The summed E-state index contributed by atoms with van der Waals surface area (Å²) in [6, 6.07) is 4.93. The SMILES string of the molecule is CCNC(=NCc1ccc(OCC)c(F)c1)NCc1ncc(C)s1. The van der Waals surface area contributed by atoms with Crippen LogP contribution in [0.1, 0.15) is 29.3 Å². The van der Waals surface area contributed by atoms with E-state index in [-0.39, 0.29) is 11.6 Å². The van der Waals surface area contributed by atoms with Crippen molar-refractivity contribution in [3.8, 4) is 5.75 Å². The zero-order chi connectivity index (χ0) is 17.4. The van der Waals surface area contributed by atoms with E-state index in [4.69, 9.17) is 4.74 Å². The molecule has 1 heterocycles. The number of aromatic nitrogens is 1. The van der Waals surface area contributed by atoms with Crippen LogP contribution >= 0.6 is 11.3 Å². The first-order valence-electron chi connectivity index (χ1n) is 7.97. The highest BCUT2D eigenvalue weighted by atomic mass is 32.1.